The highest BCUT2D eigenvalue weighted by Crippen LogP contribution is 2.38. The van der Waals surface area contributed by atoms with Crippen LogP contribution in [0.25, 0.3) is 0 Å². The lowest BCUT2D eigenvalue weighted by Crippen LogP contribution is -2.36. The zero-order valence-electron chi connectivity index (χ0n) is 10.6. The number of carbonyl (C=O) groups is 1. The van der Waals surface area contributed by atoms with Crippen molar-refractivity contribution in [1.29, 1.82) is 0 Å². The Kier molecular flexibility index (Phi) is 3.26. The van der Waals surface area contributed by atoms with E-state index in [-0.39, 0.29) is 5.91 Å². The minimum absolute atomic E-state index is 0.0725. The van der Waals surface area contributed by atoms with Crippen LogP contribution in [-0.4, -0.2) is 22.1 Å². The van der Waals surface area contributed by atoms with E-state index < -0.39 is 0 Å². The maximum atomic E-state index is 12.0. The number of aromatic nitrogens is 2. The topological polar surface area (TPSA) is 54.9 Å². The van der Waals surface area contributed by atoms with Crippen molar-refractivity contribution in [1.82, 2.24) is 15.5 Å². The number of hydrogen-bond donors (Lipinski definition) is 1. The standard InChI is InChI=1S/C14H19N3O/c18-14(15-11-4-2-1-3-5-11)13-9-8-12(16-17-13)10-6-7-10/h8-11H,1-7H2,(H,15,18). The van der Waals surface area contributed by atoms with Crippen LogP contribution in [-0.2, 0) is 0 Å². The monoisotopic (exact) mass is 245 g/mol. The molecule has 1 amide bonds. The average molecular weight is 245 g/mol. The van der Waals surface area contributed by atoms with E-state index in [1.165, 1.54) is 32.1 Å². The van der Waals surface area contributed by atoms with Crippen molar-refractivity contribution in [3.63, 3.8) is 0 Å². The lowest BCUT2D eigenvalue weighted by atomic mass is 9.95. The fraction of sp³-hybridized carbons (Fsp3) is 0.643. The van der Waals surface area contributed by atoms with Crippen molar-refractivity contribution in [3.8, 4) is 0 Å². The number of amides is 1. The van der Waals surface area contributed by atoms with Gasteiger partial charge in [-0.05, 0) is 37.8 Å². The van der Waals surface area contributed by atoms with Gasteiger partial charge in [0.15, 0.2) is 5.69 Å². The molecule has 0 aromatic carbocycles. The molecule has 3 rings (SSSR count). The molecular formula is C14H19N3O. The summed E-state index contributed by atoms with van der Waals surface area (Å²) in [5.74, 6) is 0.518. The van der Waals surface area contributed by atoms with E-state index in [4.69, 9.17) is 0 Å². The van der Waals surface area contributed by atoms with Crippen LogP contribution in [0.2, 0.25) is 0 Å². The fourth-order valence-corrected chi connectivity index (χ4v) is 2.57. The molecule has 2 saturated carbocycles. The summed E-state index contributed by atoms with van der Waals surface area (Å²) in [6, 6.07) is 4.08. The van der Waals surface area contributed by atoms with Crippen molar-refractivity contribution in [2.75, 3.05) is 0 Å². The fourth-order valence-electron chi connectivity index (χ4n) is 2.57. The van der Waals surface area contributed by atoms with Gasteiger partial charge in [0.1, 0.15) is 0 Å². The lowest BCUT2D eigenvalue weighted by molar-refractivity contribution is 0.0921. The van der Waals surface area contributed by atoms with Crippen LogP contribution in [0.5, 0.6) is 0 Å². The third-order valence-electron chi connectivity index (χ3n) is 3.85. The van der Waals surface area contributed by atoms with Gasteiger partial charge in [-0.3, -0.25) is 4.79 Å². The Morgan fingerprint density at radius 1 is 1.06 bits per heavy atom. The molecule has 1 aromatic rings. The van der Waals surface area contributed by atoms with E-state index >= 15 is 0 Å². The molecule has 0 spiro atoms. The predicted molar refractivity (Wildman–Crippen MR) is 68.3 cm³/mol. The van der Waals surface area contributed by atoms with Crippen molar-refractivity contribution >= 4 is 5.91 Å². The van der Waals surface area contributed by atoms with Crippen LogP contribution in [0, 0.1) is 0 Å². The quantitative estimate of drug-likeness (QED) is 0.889. The summed E-state index contributed by atoms with van der Waals surface area (Å²) >= 11 is 0. The first kappa shape index (κ1) is 11.6. The highest BCUT2D eigenvalue weighted by Gasteiger charge is 2.25. The normalized spacial score (nSPS) is 20.7. The van der Waals surface area contributed by atoms with Crippen molar-refractivity contribution < 1.29 is 4.79 Å². The average Bonchev–Trinajstić information content (AvgIpc) is 3.24. The Morgan fingerprint density at radius 2 is 1.83 bits per heavy atom. The van der Waals surface area contributed by atoms with Gasteiger partial charge < -0.3 is 5.32 Å². The summed E-state index contributed by atoms with van der Waals surface area (Å²) in [6.45, 7) is 0. The van der Waals surface area contributed by atoms with Gasteiger partial charge in [0.05, 0.1) is 5.69 Å². The molecule has 0 unspecified atom stereocenters. The smallest absolute Gasteiger partial charge is 0.272 e. The Morgan fingerprint density at radius 3 is 2.44 bits per heavy atom. The molecule has 1 aromatic heterocycles. The third-order valence-corrected chi connectivity index (χ3v) is 3.85. The van der Waals surface area contributed by atoms with Crippen molar-refractivity contribution in [2.24, 2.45) is 0 Å². The van der Waals surface area contributed by atoms with Crippen LogP contribution < -0.4 is 5.32 Å². The Balaban J connectivity index is 1.60. The van der Waals surface area contributed by atoms with Crippen molar-refractivity contribution in [2.45, 2.75) is 56.9 Å². The lowest BCUT2D eigenvalue weighted by Gasteiger charge is -2.22. The van der Waals surface area contributed by atoms with E-state index in [0.717, 1.165) is 18.5 Å². The molecule has 0 radical (unpaired) electrons. The summed E-state index contributed by atoms with van der Waals surface area (Å²) in [4.78, 5) is 12.0. The summed E-state index contributed by atoms with van der Waals surface area (Å²) in [7, 11) is 0. The summed E-state index contributed by atoms with van der Waals surface area (Å²) in [6.07, 6.45) is 8.35. The summed E-state index contributed by atoms with van der Waals surface area (Å²) in [5, 5.41) is 11.2. The first-order valence-electron chi connectivity index (χ1n) is 6.97. The van der Waals surface area contributed by atoms with Crippen LogP contribution in [0.4, 0.5) is 0 Å². The van der Waals surface area contributed by atoms with Crippen LogP contribution >= 0.6 is 0 Å². The van der Waals surface area contributed by atoms with E-state index in [1.807, 2.05) is 6.07 Å². The van der Waals surface area contributed by atoms with Gasteiger partial charge >= 0.3 is 0 Å². The second-order valence-corrected chi connectivity index (χ2v) is 5.43. The largest absolute Gasteiger partial charge is 0.348 e. The number of hydrogen-bond acceptors (Lipinski definition) is 3. The summed E-state index contributed by atoms with van der Waals surface area (Å²) in [5.41, 5.74) is 1.48. The van der Waals surface area contributed by atoms with Gasteiger partial charge in [-0.2, -0.15) is 5.10 Å². The van der Waals surface area contributed by atoms with Gasteiger partial charge in [0.25, 0.3) is 5.91 Å². The van der Waals surface area contributed by atoms with E-state index in [1.54, 1.807) is 6.07 Å². The molecule has 2 aliphatic carbocycles. The maximum absolute atomic E-state index is 12.0. The second kappa shape index (κ2) is 5.04. The first-order chi connectivity index (χ1) is 8.83. The molecule has 1 heterocycles. The Labute approximate surface area is 107 Å². The molecule has 0 bridgehead atoms. The van der Waals surface area contributed by atoms with E-state index in [2.05, 4.69) is 15.5 Å². The first-order valence-corrected chi connectivity index (χ1v) is 6.97. The van der Waals surface area contributed by atoms with Crippen LogP contribution in [0.3, 0.4) is 0 Å². The predicted octanol–water partition coefficient (Wildman–Crippen LogP) is 2.42. The molecule has 1 N–H and O–H groups in total. The Hall–Kier alpha value is -1.45. The Bertz CT molecular complexity index is 419. The highest BCUT2D eigenvalue weighted by atomic mass is 16.2. The van der Waals surface area contributed by atoms with Crippen molar-refractivity contribution in [3.05, 3.63) is 23.5 Å². The zero-order chi connectivity index (χ0) is 12.4. The molecular weight excluding hydrogens is 226 g/mol. The molecule has 2 fully saturated rings. The van der Waals surface area contributed by atoms with Gasteiger partial charge in [0.2, 0.25) is 0 Å². The number of carbonyl (C=O) groups excluding carboxylic acids is 1. The molecule has 0 saturated heterocycles. The maximum Gasteiger partial charge on any atom is 0.272 e. The number of nitrogens with one attached hydrogen (secondary N) is 1. The van der Waals surface area contributed by atoms with Crippen LogP contribution in [0.1, 0.15) is 67.0 Å². The SMILES string of the molecule is O=C(NC1CCCCC1)c1ccc(C2CC2)nn1. The number of nitrogens with zero attached hydrogens (tertiary/aromatic N) is 2. The van der Waals surface area contributed by atoms with Gasteiger partial charge in [-0.1, -0.05) is 19.3 Å². The minimum atomic E-state index is -0.0725. The van der Waals surface area contributed by atoms with Gasteiger partial charge in [-0.15, -0.1) is 5.10 Å². The molecule has 4 nitrogen and oxygen atoms in total. The van der Waals surface area contributed by atoms with E-state index in [9.17, 15) is 4.79 Å². The zero-order valence-corrected chi connectivity index (χ0v) is 10.6. The van der Waals surface area contributed by atoms with Gasteiger partial charge in [0, 0.05) is 12.0 Å². The molecule has 4 heteroatoms. The molecule has 2 aliphatic rings. The van der Waals surface area contributed by atoms with Gasteiger partial charge in [-0.25, -0.2) is 0 Å². The molecule has 18 heavy (non-hydrogen) atoms. The molecule has 0 aliphatic heterocycles. The molecule has 96 valence electrons. The second-order valence-electron chi connectivity index (χ2n) is 5.43. The highest BCUT2D eigenvalue weighted by molar-refractivity contribution is 5.92. The summed E-state index contributed by atoms with van der Waals surface area (Å²) < 4.78 is 0. The van der Waals surface area contributed by atoms with E-state index in [0.29, 0.717) is 17.7 Å². The number of rotatable bonds is 3. The third kappa shape index (κ3) is 2.68. The van der Waals surface area contributed by atoms with Crippen LogP contribution in [0.15, 0.2) is 12.1 Å². The molecule has 0 atom stereocenters. The minimum Gasteiger partial charge on any atom is -0.348 e.